The van der Waals surface area contributed by atoms with Gasteiger partial charge in [-0.2, -0.15) is 0 Å². The summed E-state index contributed by atoms with van der Waals surface area (Å²) in [5.74, 6) is 1.46. The number of ether oxygens (including phenoxy) is 1. The molecule has 0 radical (unpaired) electrons. The summed E-state index contributed by atoms with van der Waals surface area (Å²) in [5, 5.41) is 3.02. The summed E-state index contributed by atoms with van der Waals surface area (Å²) < 4.78 is 7.68. The van der Waals surface area contributed by atoms with Crippen molar-refractivity contribution in [3.63, 3.8) is 0 Å². The van der Waals surface area contributed by atoms with Crippen molar-refractivity contribution in [3.8, 4) is 5.75 Å². The molecule has 1 aliphatic heterocycles. The number of carbonyl (C=O) groups is 1. The van der Waals surface area contributed by atoms with Gasteiger partial charge in [0, 0.05) is 30.2 Å². The molecule has 0 spiro atoms. The highest BCUT2D eigenvalue weighted by Crippen LogP contribution is 2.34. The van der Waals surface area contributed by atoms with Gasteiger partial charge in [0.05, 0.1) is 0 Å². The summed E-state index contributed by atoms with van der Waals surface area (Å²) in [7, 11) is 0. The molecule has 2 aromatic carbocycles. The first-order valence-corrected chi connectivity index (χ1v) is 8.30. The minimum absolute atomic E-state index is 0.0408. The molecular weight excluding hydrogens is 314 g/mol. The molecule has 0 aliphatic carbocycles. The van der Waals surface area contributed by atoms with Crippen LogP contribution in [0, 0.1) is 6.92 Å². The van der Waals surface area contributed by atoms with Crippen LogP contribution in [0.4, 0.5) is 5.69 Å². The molecule has 5 nitrogen and oxygen atoms in total. The lowest BCUT2D eigenvalue weighted by molar-refractivity contribution is -0.117. The minimum Gasteiger partial charge on any atom is -0.492 e. The van der Waals surface area contributed by atoms with Crippen LogP contribution in [0.2, 0.25) is 0 Å². The Kier molecular flexibility index (Phi) is 3.98. The van der Waals surface area contributed by atoms with Crippen LogP contribution in [-0.4, -0.2) is 22.1 Å². The van der Waals surface area contributed by atoms with Crippen LogP contribution in [0.15, 0.2) is 60.9 Å². The summed E-state index contributed by atoms with van der Waals surface area (Å²) in [6, 6.07) is 15.6. The van der Waals surface area contributed by atoms with Crippen molar-refractivity contribution in [3.05, 3.63) is 77.9 Å². The Labute approximate surface area is 146 Å². The first-order chi connectivity index (χ1) is 12.2. The van der Waals surface area contributed by atoms with Gasteiger partial charge < -0.3 is 14.6 Å². The molecule has 1 aromatic heterocycles. The highest BCUT2D eigenvalue weighted by atomic mass is 16.5. The van der Waals surface area contributed by atoms with Gasteiger partial charge in [0.15, 0.2) is 0 Å². The van der Waals surface area contributed by atoms with E-state index in [9.17, 15) is 4.79 Å². The monoisotopic (exact) mass is 333 g/mol. The molecule has 4 rings (SSSR count). The van der Waals surface area contributed by atoms with Gasteiger partial charge >= 0.3 is 0 Å². The lowest BCUT2D eigenvalue weighted by atomic mass is 10.0. The van der Waals surface area contributed by atoms with Crippen LogP contribution in [0.3, 0.4) is 0 Å². The second-order valence-corrected chi connectivity index (χ2v) is 6.19. The van der Waals surface area contributed by atoms with E-state index in [1.165, 1.54) is 0 Å². The number of rotatable bonds is 4. The van der Waals surface area contributed by atoms with E-state index in [4.69, 9.17) is 4.74 Å². The highest BCUT2D eigenvalue weighted by molar-refractivity contribution is 5.97. The summed E-state index contributed by atoms with van der Waals surface area (Å²) in [6.45, 7) is 3.09. The van der Waals surface area contributed by atoms with E-state index >= 15 is 0 Å². The molecule has 126 valence electrons. The molecule has 1 N–H and O–H groups in total. The second kappa shape index (κ2) is 6.43. The molecule has 5 heteroatoms. The van der Waals surface area contributed by atoms with Crippen LogP contribution in [0.1, 0.15) is 22.9 Å². The SMILES string of the molecule is Cc1nccn1Cc1cccc(NC(=O)[C@@H]2COc3ccccc32)c1. The van der Waals surface area contributed by atoms with Crippen molar-refractivity contribution in [2.45, 2.75) is 19.4 Å². The van der Waals surface area contributed by atoms with Gasteiger partial charge in [-0.25, -0.2) is 4.98 Å². The predicted octanol–water partition coefficient (Wildman–Crippen LogP) is 3.35. The van der Waals surface area contributed by atoms with Crippen LogP contribution < -0.4 is 10.1 Å². The first kappa shape index (κ1) is 15.4. The molecule has 3 aromatic rings. The van der Waals surface area contributed by atoms with E-state index in [1.807, 2.05) is 61.7 Å². The topological polar surface area (TPSA) is 56.2 Å². The second-order valence-electron chi connectivity index (χ2n) is 6.19. The number of benzene rings is 2. The Morgan fingerprint density at radius 2 is 2.16 bits per heavy atom. The Balaban J connectivity index is 1.49. The Morgan fingerprint density at radius 3 is 3.00 bits per heavy atom. The van der Waals surface area contributed by atoms with Crippen LogP contribution in [0.5, 0.6) is 5.75 Å². The highest BCUT2D eigenvalue weighted by Gasteiger charge is 2.29. The quantitative estimate of drug-likeness (QED) is 0.796. The fraction of sp³-hybridized carbons (Fsp3) is 0.200. The molecule has 0 bridgehead atoms. The van der Waals surface area contributed by atoms with E-state index in [-0.39, 0.29) is 11.8 Å². The zero-order chi connectivity index (χ0) is 17.2. The van der Waals surface area contributed by atoms with E-state index in [0.717, 1.165) is 34.9 Å². The number of nitrogens with one attached hydrogen (secondary N) is 1. The minimum atomic E-state index is -0.268. The third-order valence-corrected chi connectivity index (χ3v) is 4.49. The molecule has 0 saturated heterocycles. The maximum absolute atomic E-state index is 12.7. The first-order valence-electron chi connectivity index (χ1n) is 8.30. The third-order valence-electron chi connectivity index (χ3n) is 4.49. The van der Waals surface area contributed by atoms with Crippen LogP contribution in [-0.2, 0) is 11.3 Å². The van der Waals surface area contributed by atoms with Gasteiger partial charge in [-0.3, -0.25) is 4.79 Å². The van der Waals surface area contributed by atoms with E-state index in [2.05, 4.69) is 14.9 Å². The smallest absolute Gasteiger partial charge is 0.235 e. The van der Waals surface area contributed by atoms with Gasteiger partial charge in [0.25, 0.3) is 0 Å². The predicted molar refractivity (Wildman–Crippen MR) is 95.8 cm³/mol. The number of hydrogen-bond donors (Lipinski definition) is 1. The lowest BCUT2D eigenvalue weighted by Gasteiger charge is -2.12. The maximum Gasteiger partial charge on any atom is 0.235 e. The molecule has 0 saturated carbocycles. The van der Waals surface area contributed by atoms with Crippen molar-refractivity contribution in [2.75, 3.05) is 11.9 Å². The van der Waals surface area contributed by atoms with E-state index in [1.54, 1.807) is 6.20 Å². The number of imidazole rings is 1. The standard InChI is InChI=1S/C20H19N3O2/c1-14-21-9-10-23(14)12-15-5-4-6-16(11-15)22-20(24)18-13-25-19-8-3-2-7-17(18)19/h2-11,18H,12-13H2,1H3,(H,22,24)/t18-/m1/s1. The molecule has 1 atom stereocenters. The molecule has 0 unspecified atom stereocenters. The molecule has 25 heavy (non-hydrogen) atoms. The zero-order valence-corrected chi connectivity index (χ0v) is 14.0. The molecular formula is C20H19N3O2. The molecule has 2 heterocycles. The van der Waals surface area contributed by atoms with Crippen LogP contribution >= 0.6 is 0 Å². The lowest BCUT2D eigenvalue weighted by Crippen LogP contribution is -2.22. The van der Waals surface area contributed by atoms with Crippen molar-refractivity contribution < 1.29 is 9.53 Å². The fourth-order valence-corrected chi connectivity index (χ4v) is 3.12. The number of aromatic nitrogens is 2. The van der Waals surface area contributed by atoms with Gasteiger partial charge in [0.1, 0.15) is 24.1 Å². The largest absolute Gasteiger partial charge is 0.492 e. The third kappa shape index (κ3) is 3.13. The van der Waals surface area contributed by atoms with E-state index < -0.39 is 0 Å². The van der Waals surface area contributed by atoms with Crippen molar-refractivity contribution in [2.24, 2.45) is 0 Å². The Bertz CT molecular complexity index is 917. The number of amides is 1. The van der Waals surface area contributed by atoms with Crippen molar-refractivity contribution in [1.29, 1.82) is 0 Å². The number of carbonyl (C=O) groups excluding carboxylic acids is 1. The summed E-state index contributed by atoms with van der Waals surface area (Å²) in [5.41, 5.74) is 2.86. The van der Waals surface area contributed by atoms with Gasteiger partial charge in [-0.15, -0.1) is 0 Å². The summed E-state index contributed by atoms with van der Waals surface area (Å²) >= 11 is 0. The average molecular weight is 333 g/mol. The number of anilines is 1. The van der Waals surface area contributed by atoms with Crippen molar-refractivity contribution in [1.82, 2.24) is 9.55 Å². The number of fused-ring (bicyclic) bond motifs is 1. The fourth-order valence-electron chi connectivity index (χ4n) is 3.12. The van der Waals surface area contributed by atoms with Crippen LogP contribution in [0.25, 0.3) is 0 Å². The number of para-hydroxylation sites is 1. The van der Waals surface area contributed by atoms with E-state index in [0.29, 0.717) is 6.61 Å². The maximum atomic E-state index is 12.7. The van der Waals surface area contributed by atoms with Gasteiger partial charge in [-0.05, 0) is 30.7 Å². The zero-order valence-electron chi connectivity index (χ0n) is 14.0. The molecule has 1 amide bonds. The molecule has 0 fully saturated rings. The average Bonchev–Trinajstić information content (AvgIpc) is 3.22. The number of nitrogens with zero attached hydrogens (tertiary/aromatic N) is 2. The Hall–Kier alpha value is -3.08. The van der Waals surface area contributed by atoms with Gasteiger partial charge in [0.2, 0.25) is 5.91 Å². The Morgan fingerprint density at radius 1 is 1.28 bits per heavy atom. The number of hydrogen-bond acceptors (Lipinski definition) is 3. The van der Waals surface area contributed by atoms with Crippen molar-refractivity contribution >= 4 is 11.6 Å². The summed E-state index contributed by atoms with van der Waals surface area (Å²) in [6.07, 6.45) is 3.74. The van der Waals surface area contributed by atoms with Gasteiger partial charge in [-0.1, -0.05) is 30.3 Å². The molecule has 1 aliphatic rings. The number of aryl methyl sites for hydroxylation is 1. The summed E-state index contributed by atoms with van der Waals surface area (Å²) in [4.78, 5) is 16.9. The normalized spacial score (nSPS) is 15.5.